The molecule has 0 aliphatic heterocycles. The second-order valence-corrected chi connectivity index (χ2v) is 4.85. The highest BCUT2D eigenvalue weighted by molar-refractivity contribution is 5.69. The molecule has 4 nitrogen and oxygen atoms in total. The van der Waals surface area contributed by atoms with E-state index in [4.69, 9.17) is 0 Å². The first kappa shape index (κ1) is 13.5. The van der Waals surface area contributed by atoms with Crippen molar-refractivity contribution in [2.75, 3.05) is 27.2 Å². The Labute approximate surface area is 97.6 Å². The summed E-state index contributed by atoms with van der Waals surface area (Å²) in [7, 11) is 3.34. The number of esters is 1. The first-order chi connectivity index (χ1) is 7.56. The van der Waals surface area contributed by atoms with E-state index < -0.39 is 5.60 Å². The van der Waals surface area contributed by atoms with Gasteiger partial charge in [0.15, 0.2) is 0 Å². The molecule has 0 radical (unpaired) electrons. The van der Waals surface area contributed by atoms with Crippen molar-refractivity contribution in [2.24, 2.45) is 0 Å². The van der Waals surface area contributed by atoms with Gasteiger partial charge in [-0.05, 0) is 19.9 Å². The molecule has 0 amide bonds. The Morgan fingerprint density at radius 3 is 2.56 bits per heavy atom. The minimum atomic E-state index is -0.539. The number of nitrogens with zero attached hydrogens (tertiary/aromatic N) is 1. The summed E-state index contributed by atoms with van der Waals surface area (Å²) in [5.41, 5.74) is -0.539. The summed E-state index contributed by atoms with van der Waals surface area (Å²) in [6.07, 6.45) is 5.62. The molecular formula is C12H23NO3. The first-order valence-corrected chi connectivity index (χ1v) is 6.03. The highest BCUT2D eigenvalue weighted by Crippen LogP contribution is 2.28. The monoisotopic (exact) mass is 229 g/mol. The van der Waals surface area contributed by atoms with Crippen LogP contribution in [-0.4, -0.2) is 48.8 Å². The van der Waals surface area contributed by atoms with E-state index in [2.05, 4.69) is 4.74 Å². The van der Waals surface area contributed by atoms with Crippen LogP contribution in [0.2, 0.25) is 0 Å². The summed E-state index contributed by atoms with van der Waals surface area (Å²) in [6, 6.07) is 0. The van der Waals surface area contributed by atoms with Crippen LogP contribution < -0.4 is 0 Å². The fraction of sp³-hybridized carbons (Fsp3) is 0.917. The maximum absolute atomic E-state index is 11.0. The van der Waals surface area contributed by atoms with Gasteiger partial charge in [0.05, 0.1) is 19.1 Å². The number of hydrogen-bond acceptors (Lipinski definition) is 4. The van der Waals surface area contributed by atoms with E-state index >= 15 is 0 Å². The van der Waals surface area contributed by atoms with Gasteiger partial charge in [-0.3, -0.25) is 4.79 Å². The van der Waals surface area contributed by atoms with E-state index in [9.17, 15) is 9.90 Å². The Kier molecular flexibility index (Phi) is 5.22. The lowest BCUT2D eigenvalue weighted by molar-refractivity contribution is -0.141. The van der Waals surface area contributed by atoms with Gasteiger partial charge in [-0.25, -0.2) is 0 Å². The number of carbonyl (C=O) groups excluding carboxylic acids is 1. The summed E-state index contributed by atoms with van der Waals surface area (Å²) >= 11 is 0. The molecule has 0 aromatic heterocycles. The zero-order valence-corrected chi connectivity index (χ0v) is 10.4. The van der Waals surface area contributed by atoms with Crippen LogP contribution in [0, 0.1) is 0 Å². The van der Waals surface area contributed by atoms with Crippen LogP contribution in [0.3, 0.4) is 0 Å². The average Bonchev–Trinajstić information content (AvgIpc) is 2.26. The topological polar surface area (TPSA) is 49.8 Å². The molecule has 4 heteroatoms. The zero-order valence-electron chi connectivity index (χ0n) is 10.4. The van der Waals surface area contributed by atoms with Crippen molar-refractivity contribution >= 4 is 5.97 Å². The van der Waals surface area contributed by atoms with Gasteiger partial charge in [0.2, 0.25) is 0 Å². The number of methoxy groups -OCH3 is 1. The third-order valence-electron chi connectivity index (χ3n) is 3.27. The SMILES string of the molecule is COC(=O)CCN(C)CC1(O)CCCCC1. The maximum atomic E-state index is 11.0. The molecule has 1 saturated carbocycles. The van der Waals surface area contributed by atoms with Crippen LogP contribution in [0.1, 0.15) is 38.5 Å². The van der Waals surface area contributed by atoms with Crippen molar-refractivity contribution in [3.8, 4) is 0 Å². The van der Waals surface area contributed by atoms with Gasteiger partial charge in [0.25, 0.3) is 0 Å². The molecule has 1 N–H and O–H groups in total. The summed E-state index contributed by atoms with van der Waals surface area (Å²) in [6.45, 7) is 1.30. The van der Waals surface area contributed by atoms with Gasteiger partial charge in [0.1, 0.15) is 0 Å². The van der Waals surface area contributed by atoms with Gasteiger partial charge < -0.3 is 14.7 Å². The van der Waals surface area contributed by atoms with Gasteiger partial charge in [-0.2, -0.15) is 0 Å². The number of aliphatic hydroxyl groups is 1. The summed E-state index contributed by atoms with van der Waals surface area (Å²) < 4.78 is 4.59. The molecule has 0 saturated heterocycles. The molecule has 0 aromatic carbocycles. The van der Waals surface area contributed by atoms with E-state index in [0.717, 1.165) is 25.7 Å². The molecule has 16 heavy (non-hydrogen) atoms. The van der Waals surface area contributed by atoms with E-state index in [-0.39, 0.29) is 5.97 Å². The number of hydrogen-bond donors (Lipinski definition) is 1. The normalized spacial score (nSPS) is 19.8. The molecule has 0 unspecified atom stereocenters. The maximum Gasteiger partial charge on any atom is 0.306 e. The van der Waals surface area contributed by atoms with Crippen molar-refractivity contribution < 1.29 is 14.6 Å². The van der Waals surface area contributed by atoms with Gasteiger partial charge >= 0.3 is 5.97 Å². The van der Waals surface area contributed by atoms with Crippen LogP contribution in [0.15, 0.2) is 0 Å². The van der Waals surface area contributed by atoms with Crippen LogP contribution >= 0.6 is 0 Å². The van der Waals surface area contributed by atoms with Crippen molar-refractivity contribution in [3.05, 3.63) is 0 Å². The molecule has 1 fully saturated rings. The molecule has 0 heterocycles. The van der Waals surface area contributed by atoms with Gasteiger partial charge in [0, 0.05) is 13.1 Å². The third kappa shape index (κ3) is 4.49. The lowest BCUT2D eigenvalue weighted by Gasteiger charge is -2.35. The molecule has 0 bridgehead atoms. The number of likely N-dealkylation sites (N-methyl/N-ethyl adjacent to an activating group) is 1. The van der Waals surface area contributed by atoms with Crippen molar-refractivity contribution in [2.45, 2.75) is 44.1 Å². The quantitative estimate of drug-likeness (QED) is 0.719. The predicted molar refractivity (Wildman–Crippen MR) is 62.2 cm³/mol. The smallest absolute Gasteiger partial charge is 0.306 e. The molecule has 94 valence electrons. The van der Waals surface area contributed by atoms with Crippen LogP contribution in [-0.2, 0) is 9.53 Å². The minimum Gasteiger partial charge on any atom is -0.469 e. The van der Waals surface area contributed by atoms with Gasteiger partial charge in [-0.1, -0.05) is 19.3 Å². The lowest BCUT2D eigenvalue weighted by atomic mass is 9.84. The number of rotatable bonds is 5. The van der Waals surface area contributed by atoms with E-state index in [0.29, 0.717) is 19.5 Å². The Bertz CT molecular complexity index is 224. The Hall–Kier alpha value is -0.610. The van der Waals surface area contributed by atoms with Gasteiger partial charge in [-0.15, -0.1) is 0 Å². The Balaban J connectivity index is 2.26. The van der Waals surface area contributed by atoms with Crippen LogP contribution in [0.25, 0.3) is 0 Å². The summed E-state index contributed by atoms with van der Waals surface area (Å²) in [4.78, 5) is 13.0. The Morgan fingerprint density at radius 1 is 1.38 bits per heavy atom. The molecule has 1 rings (SSSR count). The highest BCUT2D eigenvalue weighted by Gasteiger charge is 2.30. The fourth-order valence-corrected chi connectivity index (χ4v) is 2.33. The molecule has 0 atom stereocenters. The van der Waals surface area contributed by atoms with E-state index in [1.807, 2.05) is 11.9 Å². The van der Waals surface area contributed by atoms with E-state index in [1.165, 1.54) is 13.5 Å². The molecular weight excluding hydrogens is 206 g/mol. The lowest BCUT2D eigenvalue weighted by Crippen LogP contribution is -2.43. The average molecular weight is 229 g/mol. The van der Waals surface area contributed by atoms with Crippen LogP contribution in [0.4, 0.5) is 0 Å². The minimum absolute atomic E-state index is 0.192. The Morgan fingerprint density at radius 2 is 2.00 bits per heavy atom. The van der Waals surface area contributed by atoms with Crippen LogP contribution in [0.5, 0.6) is 0 Å². The number of ether oxygens (including phenoxy) is 1. The summed E-state index contributed by atoms with van der Waals surface area (Å²) in [5, 5.41) is 10.3. The van der Waals surface area contributed by atoms with E-state index in [1.54, 1.807) is 0 Å². The fourth-order valence-electron chi connectivity index (χ4n) is 2.33. The predicted octanol–water partition coefficient (Wildman–Crippen LogP) is 1.18. The molecule has 1 aliphatic rings. The zero-order chi connectivity index (χ0) is 12.0. The molecule has 1 aliphatic carbocycles. The standard InChI is InChI=1S/C12H23NO3/c1-13(9-6-11(14)16-2)10-12(15)7-4-3-5-8-12/h15H,3-10H2,1-2H3. The largest absolute Gasteiger partial charge is 0.469 e. The first-order valence-electron chi connectivity index (χ1n) is 6.03. The second kappa shape index (κ2) is 6.21. The highest BCUT2D eigenvalue weighted by atomic mass is 16.5. The number of carbonyl (C=O) groups is 1. The summed E-state index contributed by atoms with van der Waals surface area (Å²) in [5.74, 6) is -0.192. The van der Waals surface area contributed by atoms with Crippen molar-refractivity contribution in [1.82, 2.24) is 4.90 Å². The van der Waals surface area contributed by atoms with Crippen molar-refractivity contribution in [3.63, 3.8) is 0 Å². The molecule has 0 aromatic rings. The van der Waals surface area contributed by atoms with Crippen molar-refractivity contribution in [1.29, 1.82) is 0 Å². The molecule has 0 spiro atoms. The third-order valence-corrected chi connectivity index (χ3v) is 3.27. The second-order valence-electron chi connectivity index (χ2n) is 4.85.